The molecule has 4 aromatic rings. The molecule has 0 spiro atoms. The van der Waals surface area contributed by atoms with Crippen LogP contribution in [0.4, 0.5) is 0 Å². The largest absolute Gasteiger partial charge is 0.493 e. The Hall–Kier alpha value is -5.06. The van der Waals surface area contributed by atoms with Crippen LogP contribution in [-0.2, 0) is 33.9 Å². The van der Waals surface area contributed by atoms with Gasteiger partial charge in [-0.05, 0) is 47.9 Å². The highest BCUT2D eigenvalue weighted by atomic mass is 16.5. The molecular formula is C32H33N5O6. The number of fused-ring (bicyclic) bond motifs is 1. The molecule has 11 nitrogen and oxygen atoms in total. The van der Waals surface area contributed by atoms with Gasteiger partial charge in [0.05, 0.1) is 31.4 Å². The third-order valence-electron chi connectivity index (χ3n) is 7.73. The van der Waals surface area contributed by atoms with Gasteiger partial charge in [-0.25, -0.2) is 0 Å². The van der Waals surface area contributed by atoms with Gasteiger partial charge >= 0.3 is 0 Å². The van der Waals surface area contributed by atoms with E-state index in [1.807, 2.05) is 54.6 Å². The molecule has 3 aromatic carbocycles. The first kappa shape index (κ1) is 28.1. The minimum atomic E-state index is -0.449. The van der Waals surface area contributed by atoms with Crippen LogP contribution in [0, 0.1) is 0 Å². The number of rotatable bonds is 3. The first-order chi connectivity index (χ1) is 20.9. The lowest BCUT2D eigenvalue weighted by Crippen LogP contribution is -2.45. The van der Waals surface area contributed by atoms with Crippen LogP contribution >= 0.6 is 0 Å². The summed E-state index contributed by atoms with van der Waals surface area (Å²) in [6, 6.07) is 20.1. The lowest BCUT2D eigenvalue weighted by Gasteiger charge is -2.21. The van der Waals surface area contributed by atoms with E-state index in [9.17, 15) is 14.4 Å². The first-order valence-electron chi connectivity index (χ1n) is 14.2. The van der Waals surface area contributed by atoms with E-state index in [1.165, 1.54) is 7.11 Å². The summed E-state index contributed by atoms with van der Waals surface area (Å²) in [6.07, 6.45) is 2.00. The number of carbonyl (C=O) groups is 3. The van der Waals surface area contributed by atoms with E-state index in [0.29, 0.717) is 43.3 Å². The molecular weight excluding hydrogens is 550 g/mol. The second-order valence-corrected chi connectivity index (χ2v) is 10.7. The molecule has 2 atom stereocenters. The number of ether oxygens (including phenoxy) is 3. The van der Waals surface area contributed by atoms with Gasteiger partial charge in [-0.3, -0.25) is 19.1 Å². The quantitative estimate of drug-likeness (QED) is 0.380. The zero-order valence-electron chi connectivity index (χ0n) is 23.8. The maximum Gasteiger partial charge on any atom is 0.258 e. The molecule has 222 valence electrons. The molecule has 1 saturated heterocycles. The average molecular weight is 584 g/mol. The van der Waals surface area contributed by atoms with Gasteiger partial charge in [-0.15, -0.1) is 0 Å². The Kier molecular flexibility index (Phi) is 8.12. The van der Waals surface area contributed by atoms with E-state index in [0.717, 1.165) is 22.0 Å². The lowest BCUT2D eigenvalue weighted by molar-refractivity contribution is -0.131. The van der Waals surface area contributed by atoms with Crippen LogP contribution in [0.25, 0.3) is 10.9 Å². The Morgan fingerprint density at radius 3 is 2.65 bits per heavy atom. The minimum Gasteiger partial charge on any atom is -0.493 e. The Bertz CT molecular complexity index is 1640. The second kappa shape index (κ2) is 12.4. The topological polar surface area (TPSA) is 124 Å². The Balaban J connectivity index is 1.21. The van der Waals surface area contributed by atoms with Crippen LogP contribution < -0.4 is 24.8 Å². The maximum atomic E-state index is 13.4. The molecule has 0 radical (unpaired) electrons. The number of methoxy groups -OCH3 is 1. The normalized spacial score (nSPS) is 19.2. The lowest BCUT2D eigenvalue weighted by atomic mass is 10.1. The zero-order chi connectivity index (χ0) is 29.8. The number of para-hydroxylation sites is 1. The molecule has 1 fully saturated rings. The van der Waals surface area contributed by atoms with E-state index in [1.54, 1.807) is 27.9 Å². The summed E-state index contributed by atoms with van der Waals surface area (Å²) < 4.78 is 19.2. The number of hydrogen-bond acceptors (Lipinski definition) is 7. The molecule has 3 amide bonds. The van der Waals surface area contributed by atoms with Crippen molar-refractivity contribution in [3.63, 3.8) is 0 Å². The maximum absolute atomic E-state index is 13.4. The van der Waals surface area contributed by atoms with E-state index in [2.05, 4.69) is 15.7 Å². The molecule has 43 heavy (non-hydrogen) atoms. The second-order valence-electron chi connectivity index (χ2n) is 10.7. The van der Waals surface area contributed by atoms with Crippen molar-refractivity contribution in [3.8, 4) is 17.2 Å². The summed E-state index contributed by atoms with van der Waals surface area (Å²) in [4.78, 5) is 40.6. The molecule has 4 bridgehead atoms. The molecule has 5 aliphatic rings. The molecule has 0 saturated carbocycles. The van der Waals surface area contributed by atoms with Gasteiger partial charge in [0.1, 0.15) is 18.4 Å². The molecule has 9 rings (SSSR count). The van der Waals surface area contributed by atoms with Gasteiger partial charge in [0, 0.05) is 24.9 Å². The standard InChI is InChI=1S/C32H33N5O6/c1-41-28-14-21-8-12-27(28)42-20-31(39)33-15-22-6-10-24(11-7-22)43-29-18-36(17-25(29)35-30(38)13-9-21)32(40)19-37-26-5-3-2-4-23(26)16-34-37/h2-8,10-12,14,16,25,29H,9,13,15,17-20H2,1H3,(H,33,39)(H,35,38)/t25-,29-/m0/s1. The van der Waals surface area contributed by atoms with E-state index in [-0.39, 0.29) is 37.3 Å². The SMILES string of the molecule is COc1cc2ccc1OCC(=O)NCc1ccc(cc1)O[C@H]1CN(C(=O)Cn3ncc4ccccc43)C[C@@H]1NC(=O)CC2. The van der Waals surface area contributed by atoms with Crippen molar-refractivity contribution < 1.29 is 28.6 Å². The number of nitrogens with zero attached hydrogens (tertiary/aromatic N) is 3. The van der Waals surface area contributed by atoms with Gasteiger partial charge in [-0.2, -0.15) is 5.10 Å². The van der Waals surface area contributed by atoms with Crippen molar-refractivity contribution >= 4 is 28.6 Å². The molecule has 5 aliphatic heterocycles. The highest BCUT2D eigenvalue weighted by Crippen LogP contribution is 2.29. The minimum absolute atomic E-state index is 0.0862. The molecule has 2 N–H and O–H groups in total. The number of aromatic nitrogens is 2. The number of likely N-dealkylation sites (tertiary alicyclic amines) is 1. The summed E-state index contributed by atoms with van der Waals surface area (Å²) in [5.41, 5.74) is 2.66. The summed E-state index contributed by atoms with van der Waals surface area (Å²) in [6.45, 7) is 0.889. The molecule has 0 unspecified atom stereocenters. The third-order valence-corrected chi connectivity index (χ3v) is 7.73. The van der Waals surface area contributed by atoms with Gasteiger partial charge in [-0.1, -0.05) is 36.4 Å². The smallest absolute Gasteiger partial charge is 0.258 e. The Morgan fingerprint density at radius 1 is 1.00 bits per heavy atom. The number of nitrogens with one attached hydrogen (secondary N) is 2. The Morgan fingerprint density at radius 2 is 1.81 bits per heavy atom. The van der Waals surface area contributed by atoms with Crippen LogP contribution in [0.1, 0.15) is 17.5 Å². The van der Waals surface area contributed by atoms with Gasteiger partial charge in [0.25, 0.3) is 5.91 Å². The van der Waals surface area contributed by atoms with Crippen LogP contribution in [0.2, 0.25) is 0 Å². The van der Waals surface area contributed by atoms with Gasteiger partial charge in [0.15, 0.2) is 18.1 Å². The van der Waals surface area contributed by atoms with Gasteiger partial charge in [0.2, 0.25) is 11.8 Å². The first-order valence-corrected chi connectivity index (χ1v) is 14.2. The third kappa shape index (κ3) is 6.56. The predicted molar refractivity (Wildman–Crippen MR) is 158 cm³/mol. The van der Waals surface area contributed by atoms with Crippen molar-refractivity contribution in [2.45, 2.75) is 38.1 Å². The Labute approximate surface area is 248 Å². The fourth-order valence-corrected chi connectivity index (χ4v) is 5.39. The average Bonchev–Trinajstić information content (AvgIpc) is 3.62. The summed E-state index contributed by atoms with van der Waals surface area (Å²) in [7, 11) is 1.53. The van der Waals surface area contributed by atoms with E-state index in [4.69, 9.17) is 14.2 Å². The number of hydrogen-bond donors (Lipinski definition) is 2. The molecule has 1 aromatic heterocycles. The van der Waals surface area contributed by atoms with E-state index < -0.39 is 12.1 Å². The highest BCUT2D eigenvalue weighted by Gasteiger charge is 2.38. The monoisotopic (exact) mass is 583 g/mol. The number of amides is 3. The van der Waals surface area contributed by atoms with Crippen molar-refractivity contribution in [1.29, 1.82) is 0 Å². The summed E-state index contributed by atoms with van der Waals surface area (Å²) >= 11 is 0. The predicted octanol–water partition coefficient (Wildman–Crippen LogP) is 2.46. The van der Waals surface area contributed by atoms with Crippen molar-refractivity contribution in [1.82, 2.24) is 25.3 Å². The highest BCUT2D eigenvalue weighted by molar-refractivity contribution is 5.82. The number of benzene rings is 3. The molecule has 11 heteroatoms. The van der Waals surface area contributed by atoms with Gasteiger partial charge < -0.3 is 29.7 Å². The van der Waals surface area contributed by atoms with Crippen LogP contribution in [0.3, 0.4) is 0 Å². The number of carbonyl (C=O) groups excluding carboxylic acids is 3. The molecule has 0 aliphatic carbocycles. The van der Waals surface area contributed by atoms with Crippen molar-refractivity contribution in [3.05, 3.63) is 84.1 Å². The molecule has 6 heterocycles. The fraction of sp³-hybridized carbons (Fsp3) is 0.312. The van der Waals surface area contributed by atoms with Crippen LogP contribution in [-0.4, -0.2) is 71.4 Å². The van der Waals surface area contributed by atoms with Crippen LogP contribution in [0.5, 0.6) is 17.2 Å². The fourth-order valence-electron chi connectivity index (χ4n) is 5.39. The van der Waals surface area contributed by atoms with E-state index >= 15 is 0 Å². The van der Waals surface area contributed by atoms with Crippen molar-refractivity contribution in [2.75, 3.05) is 26.8 Å². The zero-order valence-corrected chi connectivity index (χ0v) is 23.8. The summed E-state index contributed by atoms with van der Waals surface area (Å²) in [5, 5.41) is 11.3. The van der Waals surface area contributed by atoms with Crippen LogP contribution in [0.15, 0.2) is 72.9 Å². The van der Waals surface area contributed by atoms with Crippen molar-refractivity contribution in [2.24, 2.45) is 0 Å². The number of aryl methyl sites for hydroxylation is 1. The summed E-state index contributed by atoms with van der Waals surface area (Å²) in [5.74, 6) is 1.02.